The summed E-state index contributed by atoms with van der Waals surface area (Å²) >= 11 is 6.13. The normalized spacial score (nSPS) is 11.2. The first-order chi connectivity index (χ1) is 7.44. The van der Waals surface area contributed by atoms with Gasteiger partial charge >= 0.3 is 0 Å². The van der Waals surface area contributed by atoms with E-state index in [1.54, 1.807) is 0 Å². The summed E-state index contributed by atoms with van der Waals surface area (Å²) in [5.74, 6) is 0.791. The summed E-state index contributed by atoms with van der Waals surface area (Å²) in [5.41, 5.74) is 1.22. The van der Waals surface area contributed by atoms with Crippen molar-refractivity contribution in [3.8, 4) is 5.75 Å². The fourth-order valence-corrected chi connectivity index (χ4v) is 1.57. The van der Waals surface area contributed by atoms with Crippen LogP contribution in [0.3, 0.4) is 0 Å². The molecule has 16 heavy (non-hydrogen) atoms. The summed E-state index contributed by atoms with van der Waals surface area (Å²) in [6.45, 7) is 10.8. The Bertz CT molecular complexity index is 363. The average Bonchev–Trinajstić information content (AvgIpc) is 2.15. The van der Waals surface area contributed by atoms with E-state index in [9.17, 15) is 0 Å². The number of ether oxygens (including phenoxy) is 1. The summed E-state index contributed by atoms with van der Waals surface area (Å²) in [4.78, 5) is 0. The van der Waals surface area contributed by atoms with Crippen LogP contribution in [-0.2, 0) is 6.42 Å². The van der Waals surface area contributed by atoms with Gasteiger partial charge in [0.2, 0.25) is 0 Å². The lowest BCUT2D eigenvalue weighted by atomic mass is 9.98. The molecule has 0 unspecified atom stereocenters. The Morgan fingerprint density at radius 1 is 1.38 bits per heavy atom. The van der Waals surface area contributed by atoms with Gasteiger partial charge in [-0.15, -0.1) is 6.58 Å². The van der Waals surface area contributed by atoms with E-state index < -0.39 is 0 Å². The summed E-state index contributed by atoms with van der Waals surface area (Å²) in [6.07, 6.45) is 2.63. The number of rotatable bonds is 4. The molecule has 0 atom stereocenters. The van der Waals surface area contributed by atoms with Gasteiger partial charge in [-0.3, -0.25) is 0 Å². The first kappa shape index (κ1) is 13.1. The predicted octanol–water partition coefficient (Wildman–Crippen LogP) is 4.49. The molecule has 2 heteroatoms. The Morgan fingerprint density at radius 2 is 2.06 bits per heavy atom. The van der Waals surface area contributed by atoms with Crippen molar-refractivity contribution < 1.29 is 4.74 Å². The van der Waals surface area contributed by atoms with E-state index >= 15 is 0 Å². The molecule has 0 saturated heterocycles. The van der Waals surface area contributed by atoms with Gasteiger partial charge in [-0.2, -0.15) is 0 Å². The number of allylic oxidation sites excluding steroid dienone is 1. The molecule has 0 amide bonds. The van der Waals surface area contributed by atoms with Gasteiger partial charge in [0.25, 0.3) is 0 Å². The molecule has 1 aromatic carbocycles. The highest BCUT2D eigenvalue weighted by Crippen LogP contribution is 2.30. The van der Waals surface area contributed by atoms with Crippen LogP contribution in [0.25, 0.3) is 0 Å². The number of benzene rings is 1. The summed E-state index contributed by atoms with van der Waals surface area (Å²) in [5, 5.41) is 0.670. The Balaban J connectivity index is 2.88. The van der Waals surface area contributed by atoms with Crippen LogP contribution in [0.1, 0.15) is 26.3 Å². The van der Waals surface area contributed by atoms with Crippen molar-refractivity contribution in [3.63, 3.8) is 0 Å². The lowest BCUT2D eigenvalue weighted by Crippen LogP contribution is -2.17. The Kier molecular flexibility index (Phi) is 4.43. The van der Waals surface area contributed by atoms with Crippen LogP contribution in [0.5, 0.6) is 5.75 Å². The molecule has 0 radical (unpaired) electrons. The zero-order valence-electron chi connectivity index (χ0n) is 10.2. The molecular formula is C14H19ClO. The molecule has 0 saturated carbocycles. The van der Waals surface area contributed by atoms with E-state index in [1.807, 2.05) is 24.3 Å². The first-order valence-corrected chi connectivity index (χ1v) is 5.83. The molecule has 0 aliphatic heterocycles. The fourth-order valence-electron chi connectivity index (χ4n) is 1.32. The summed E-state index contributed by atoms with van der Waals surface area (Å²) in [7, 11) is 0. The molecule has 0 bridgehead atoms. The molecule has 0 aliphatic rings. The average molecular weight is 239 g/mol. The second kappa shape index (κ2) is 5.40. The van der Waals surface area contributed by atoms with Gasteiger partial charge in [0.1, 0.15) is 5.75 Å². The van der Waals surface area contributed by atoms with Gasteiger partial charge in [0.15, 0.2) is 0 Å². The third kappa shape index (κ3) is 3.90. The lowest BCUT2D eigenvalue weighted by molar-refractivity contribution is 0.197. The topological polar surface area (TPSA) is 9.23 Å². The van der Waals surface area contributed by atoms with E-state index in [-0.39, 0.29) is 5.41 Å². The first-order valence-electron chi connectivity index (χ1n) is 5.45. The van der Waals surface area contributed by atoms with Crippen LogP contribution in [0.4, 0.5) is 0 Å². The Hall–Kier alpha value is -0.950. The number of hydrogen-bond donors (Lipinski definition) is 0. The molecule has 0 aromatic heterocycles. The van der Waals surface area contributed by atoms with Crippen molar-refractivity contribution in [2.24, 2.45) is 5.41 Å². The SMILES string of the molecule is C=CCc1cccc(Cl)c1OCC(C)(C)C. The minimum atomic E-state index is 0.130. The third-order valence-electron chi connectivity index (χ3n) is 2.06. The van der Waals surface area contributed by atoms with Crippen LogP contribution in [0.2, 0.25) is 5.02 Å². The van der Waals surface area contributed by atoms with Crippen LogP contribution >= 0.6 is 11.6 Å². The zero-order valence-corrected chi connectivity index (χ0v) is 11.0. The van der Waals surface area contributed by atoms with E-state index in [4.69, 9.17) is 16.3 Å². The van der Waals surface area contributed by atoms with Crippen LogP contribution in [0.15, 0.2) is 30.9 Å². The van der Waals surface area contributed by atoms with Crippen LogP contribution < -0.4 is 4.74 Å². The standard InChI is InChI=1S/C14H19ClO/c1-5-7-11-8-6-9-12(15)13(11)16-10-14(2,3)4/h5-6,8-9H,1,7,10H2,2-4H3. The van der Waals surface area contributed by atoms with Gasteiger partial charge in [-0.25, -0.2) is 0 Å². The molecule has 1 rings (SSSR count). The number of halogens is 1. The van der Waals surface area contributed by atoms with Crippen molar-refractivity contribution in [1.82, 2.24) is 0 Å². The van der Waals surface area contributed by atoms with Crippen molar-refractivity contribution >= 4 is 11.6 Å². The fraction of sp³-hybridized carbons (Fsp3) is 0.429. The van der Waals surface area contributed by atoms with E-state index in [0.29, 0.717) is 11.6 Å². The minimum Gasteiger partial charge on any atom is -0.491 e. The van der Waals surface area contributed by atoms with E-state index in [0.717, 1.165) is 17.7 Å². The maximum absolute atomic E-state index is 6.13. The molecule has 0 N–H and O–H groups in total. The van der Waals surface area contributed by atoms with Crippen LogP contribution in [0, 0.1) is 5.41 Å². The zero-order chi connectivity index (χ0) is 12.2. The maximum atomic E-state index is 6.13. The van der Waals surface area contributed by atoms with Gasteiger partial charge in [0.05, 0.1) is 11.6 Å². The Morgan fingerprint density at radius 3 is 2.62 bits per heavy atom. The smallest absolute Gasteiger partial charge is 0.141 e. The number of para-hydroxylation sites is 1. The lowest BCUT2D eigenvalue weighted by Gasteiger charge is -2.20. The highest BCUT2D eigenvalue weighted by atomic mass is 35.5. The van der Waals surface area contributed by atoms with Gasteiger partial charge in [-0.05, 0) is 23.5 Å². The van der Waals surface area contributed by atoms with Crippen molar-refractivity contribution in [2.75, 3.05) is 6.61 Å². The Labute approximate surface area is 103 Å². The second-order valence-corrected chi connectivity index (χ2v) is 5.48. The number of hydrogen-bond acceptors (Lipinski definition) is 1. The van der Waals surface area contributed by atoms with Crippen molar-refractivity contribution in [1.29, 1.82) is 0 Å². The molecular weight excluding hydrogens is 220 g/mol. The van der Waals surface area contributed by atoms with Crippen molar-refractivity contribution in [3.05, 3.63) is 41.4 Å². The summed E-state index contributed by atoms with van der Waals surface area (Å²) in [6, 6.07) is 5.81. The third-order valence-corrected chi connectivity index (χ3v) is 2.36. The van der Waals surface area contributed by atoms with Gasteiger partial charge in [-0.1, -0.05) is 50.6 Å². The van der Waals surface area contributed by atoms with Crippen molar-refractivity contribution in [2.45, 2.75) is 27.2 Å². The molecule has 0 heterocycles. The largest absolute Gasteiger partial charge is 0.491 e. The van der Waals surface area contributed by atoms with Gasteiger partial charge < -0.3 is 4.74 Å². The second-order valence-electron chi connectivity index (χ2n) is 5.07. The molecule has 1 nitrogen and oxygen atoms in total. The van der Waals surface area contributed by atoms with E-state index in [2.05, 4.69) is 27.4 Å². The summed E-state index contributed by atoms with van der Waals surface area (Å²) < 4.78 is 5.81. The quantitative estimate of drug-likeness (QED) is 0.702. The molecule has 0 aliphatic carbocycles. The highest BCUT2D eigenvalue weighted by Gasteiger charge is 2.14. The molecule has 1 aromatic rings. The van der Waals surface area contributed by atoms with Crippen LogP contribution in [-0.4, -0.2) is 6.61 Å². The maximum Gasteiger partial charge on any atom is 0.141 e. The monoisotopic (exact) mass is 238 g/mol. The molecule has 88 valence electrons. The molecule has 0 fully saturated rings. The van der Waals surface area contributed by atoms with E-state index in [1.165, 1.54) is 0 Å². The predicted molar refractivity (Wildman–Crippen MR) is 70.3 cm³/mol. The molecule has 0 spiro atoms. The highest BCUT2D eigenvalue weighted by molar-refractivity contribution is 6.32. The minimum absolute atomic E-state index is 0.130. The van der Waals surface area contributed by atoms with Gasteiger partial charge in [0, 0.05) is 0 Å².